The molecule has 3 aromatic carbocycles. The molecule has 0 fully saturated rings. The molecule has 0 saturated heterocycles. The number of phenols is 3. The van der Waals surface area contributed by atoms with Crippen LogP contribution in [0.1, 0.15) is 10.4 Å². The number of carbonyl (C=O) groups is 1. The van der Waals surface area contributed by atoms with Gasteiger partial charge in [0.15, 0.2) is 5.43 Å². The van der Waals surface area contributed by atoms with E-state index in [1.807, 2.05) is 30.3 Å². The number of carboxylic acid groups (broad SMARTS) is 1. The van der Waals surface area contributed by atoms with E-state index in [9.17, 15) is 19.8 Å². The lowest BCUT2D eigenvalue weighted by atomic mass is 10.1. The van der Waals surface area contributed by atoms with E-state index in [1.165, 1.54) is 24.3 Å². The second kappa shape index (κ2) is 8.18. The van der Waals surface area contributed by atoms with Crippen LogP contribution in [0.25, 0.3) is 22.3 Å². The molecule has 0 atom stereocenters. The standard InChI is InChI=1S/C15H10O4.C7H6O3/c16-10-6-11(17)15-12(18)8-13(19-14(15)7-10)9-4-2-1-3-5-9;8-6-4-2-1-3-5(6)7(9)10/h1-8,16-17H;1-4,8H,(H,9,10). The molecule has 0 aliphatic rings. The molecule has 0 aliphatic carbocycles. The lowest BCUT2D eigenvalue weighted by Crippen LogP contribution is -2.00. The van der Waals surface area contributed by atoms with Gasteiger partial charge in [0.25, 0.3) is 0 Å². The molecule has 0 aliphatic heterocycles. The van der Waals surface area contributed by atoms with Gasteiger partial charge in [-0.05, 0) is 12.1 Å². The molecule has 0 amide bonds. The molecular weight excluding hydrogens is 376 g/mol. The average molecular weight is 392 g/mol. The first kappa shape index (κ1) is 19.5. The van der Waals surface area contributed by atoms with Crippen LogP contribution in [0, 0.1) is 0 Å². The summed E-state index contributed by atoms with van der Waals surface area (Å²) in [5, 5.41) is 36.5. The zero-order valence-corrected chi connectivity index (χ0v) is 14.9. The van der Waals surface area contributed by atoms with Gasteiger partial charge in [-0.1, -0.05) is 42.5 Å². The summed E-state index contributed by atoms with van der Waals surface area (Å²) in [6, 6.07) is 18.7. The Kier molecular flexibility index (Phi) is 5.50. The molecule has 7 heteroatoms. The van der Waals surface area contributed by atoms with Crippen molar-refractivity contribution in [2.45, 2.75) is 0 Å². The smallest absolute Gasteiger partial charge is 0.339 e. The lowest BCUT2D eigenvalue weighted by molar-refractivity contribution is 0.0693. The lowest BCUT2D eigenvalue weighted by Gasteiger charge is -2.04. The Morgan fingerprint density at radius 1 is 0.793 bits per heavy atom. The van der Waals surface area contributed by atoms with Crippen molar-refractivity contribution in [2.75, 3.05) is 0 Å². The first-order chi connectivity index (χ1) is 13.9. The minimum absolute atomic E-state index is 0.0671. The Morgan fingerprint density at radius 3 is 2.07 bits per heavy atom. The number of aromatic carboxylic acids is 1. The number of para-hydroxylation sites is 1. The number of phenolic OH excluding ortho intramolecular Hbond substituents is 2. The van der Waals surface area contributed by atoms with Crippen LogP contribution in [0.15, 0.2) is 82.0 Å². The third-order valence-electron chi connectivity index (χ3n) is 3.99. The van der Waals surface area contributed by atoms with Crippen molar-refractivity contribution >= 4 is 16.9 Å². The van der Waals surface area contributed by atoms with E-state index in [4.69, 9.17) is 14.6 Å². The van der Waals surface area contributed by atoms with E-state index in [-0.39, 0.29) is 39.2 Å². The molecule has 0 radical (unpaired) electrons. The molecule has 7 nitrogen and oxygen atoms in total. The topological polar surface area (TPSA) is 128 Å². The summed E-state index contributed by atoms with van der Waals surface area (Å²) in [6.07, 6.45) is 0. The summed E-state index contributed by atoms with van der Waals surface area (Å²) in [6.45, 7) is 0. The third-order valence-corrected chi connectivity index (χ3v) is 3.99. The number of fused-ring (bicyclic) bond motifs is 1. The monoisotopic (exact) mass is 392 g/mol. The fourth-order valence-electron chi connectivity index (χ4n) is 2.65. The van der Waals surface area contributed by atoms with Gasteiger partial charge in [0.1, 0.15) is 39.5 Å². The highest BCUT2D eigenvalue weighted by Crippen LogP contribution is 2.30. The van der Waals surface area contributed by atoms with Gasteiger partial charge in [-0.25, -0.2) is 4.79 Å². The van der Waals surface area contributed by atoms with Gasteiger partial charge in [0.2, 0.25) is 0 Å². The SMILES string of the molecule is O=C(O)c1ccccc1O.O=c1cc(-c2ccccc2)oc2cc(O)cc(O)c12. The normalized spacial score (nSPS) is 10.2. The maximum absolute atomic E-state index is 12.0. The molecule has 1 aromatic heterocycles. The van der Waals surface area contributed by atoms with Gasteiger partial charge in [0.05, 0.1) is 0 Å². The quantitative estimate of drug-likeness (QED) is 0.406. The summed E-state index contributed by atoms with van der Waals surface area (Å²) < 4.78 is 5.57. The second-order valence-electron chi connectivity index (χ2n) is 6.00. The largest absolute Gasteiger partial charge is 0.508 e. The Bertz CT molecular complexity index is 1230. The van der Waals surface area contributed by atoms with Gasteiger partial charge < -0.3 is 24.8 Å². The van der Waals surface area contributed by atoms with E-state index in [0.717, 1.165) is 11.6 Å². The molecule has 1 heterocycles. The highest BCUT2D eigenvalue weighted by Gasteiger charge is 2.11. The van der Waals surface area contributed by atoms with Crippen molar-refractivity contribution in [3.8, 4) is 28.6 Å². The second-order valence-corrected chi connectivity index (χ2v) is 6.00. The molecule has 0 unspecified atom stereocenters. The fourth-order valence-corrected chi connectivity index (χ4v) is 2.65. The number of carboxylic acids is 1. The predicted octanol–water partition coefficient (Wildman–Crippen LogP) is 3.96. The summed E-state index contributed by atoms with van der Waals surface area (Å²) in [5.41, 5.74) is 0.494. The molecular formula is C22H16O7. The first-order valence-corrected chi connectivity index (χ1v) is 8.43. The maximum Gasteiger partial charge on any atom is 0.339 e. The van der Waals surface area contributed by atoms with Gasteiger partial charge >= 0.3 is 5.97 Å². The van der Waals surface area contributed by atoms with Crippen LogP contribution in [-0.2, 0) is 0 Å². The van der Waals surface area contributed by atoms with Gasteiger partial charge in [-0.2, -0.15) is 0 Å². The van der Waals surface area contributed by atoms with Crippen molar-refractivity contribution in [1.82, 2.24) is 0 Å². The van der Waals surface area contributed by atoms with Crippen LogP contribution in [0.5, 0.6) is 17.2 Å². The Labute approximate surface area is 164 Å². The molecule has 0 bridgehead atoms. The van der Waals surface area contributed by atoms with E-state index in [1.54, 1.807) is 12.1 Å². The minimum atomic E-state index is -1.11. The number of rotatable bonds is 2. The fraction of sp³-hybridized carbons (Fsp3) is 0. The third kappa shape index (κ3) is 4.36. The Balaban J connectivity index is 0.000000204. The van der Waals surface area contributed by atoms with Gasteiger partial charge in [-0.3, -0.25) is 4.79 Å². The van der Waals surface area contributed by atoms with Crippen molar-refractivity contribution in [2.24, 2.45) is 0 Å². The Hall–Kier alpha value is -4.26. The van der Waals surface area contributed by atoms with Crippen LogP contribution < -0.4 is 5.43 Å². The van der Waals surface area contributed by atoms with Crippen molar-refractivity contribution in [3.63, 3.8) is 0 Å². The van der Waals surface area contributed by atoms with Crippen molar-refractivity contribution in [1.29, 1.82) is 0 Å². The van der Waals surface area contributed by atoms with Crippen LogP contribution >= 0.6 is 0 Å². The first-order valence-electron chi connectivity index (χ1n) is 8.43. The van der Waals surface area contributed by atoms with Gasteiger partial charge in [-0.15, -0.1) is 0 Å². The summed E-state index contributed by atoms with van der Waals surface area (Å²) >= 11 is 0. The molecule has 29 heavy (non-hydrogen) atoms. The summed E-state index contributed by atoms with van der Waals surface area (Å²) in [5.74, 6) is -1.36. The molecule has 4 aromatic rings. The van der Waals surface area contributed by atoms with Crippen LogP contribution in [-0.4, -0.2) is 26.4 Å². The van der Waals surface area contributed by atoms with E-state index in [2.05, 4.69) is 0 Å². The summed E-state index contributed by atoms with van der Waals surface area (Å²) in [7, 11) is 0. The highest BCUT2D eigenvalue weighted by molar-refractivity contribution is 5.90. The zero-order chi connectivity index (χ0) is 21.0. The van der Waals surface area contributed by atoms with E-state index in [0.29, 0.717) is 5.76 Å². The zero-order valence-electron chi connectivity index (χ0n) is 14.9. The maximum atomic E-state index is 12.0. The summed E-state index contributed by atoms with van der Waals surface area (Å²) in [4.78, 5) is 22.3. The minimum Gasteiger partial charge on any atom is -0.508 e. The molecule has 4 rings (SSSR count). The number of hydrogen-bond donors (Lipinski definition) is 4. The molecule has 0 saturated carbocycles. The molecule has 0 spiro atoms. The predicted molar refractivity (Wildman–Crippen MR) is 106 cm³/mol. The molecule has 146 valence electrons. The number of benzene rings is 3. The van der Waals surface area contributed by atoms with Crippen LogP contribution in [0.4, 0.5) is 0 Å². The van der Waals surface area contributed by atoms with E-state index >= 15 is 0 Å². The van der Waals surface area contributed by atoms with Gasteiger partial charge in [0, 0.05) is 23.8 Å². The van der Waals surface area contributed by atoms with Crippen molar-refractivity contribution < 1.29 is 29.6 Å². The van der Waals surface area contributed by atoms with Crippen LogP contribution in [0.3, 0.4) is 0 Å². The molecule has 4 N–H and O–H groups in total. The van der Waals surface area contributed by atoms with E-state index < -0.39 is 5.97 Å². The number of hydrogen-bond acceptors (Lipinski definition) is 6. The Morgan fingerprint density at radius 2 is 1.45 bits per heavy atom. The van der Waals surface area contributed by atoms with Crippen molar-refractivity contribution in [3.05, 3.63) is 88.6 Å². The average Bonchev–Trinajstić information content (AvgIpc) is 2.68. The number of aromatic hydroxyl groups is 3. The van der Waals surface area contributed by atoms with Crippen LogP contribution in [0.2, 0.25) is 0 Å². The highest BCUT2D eigenvalue weighted by atomic mass is 16.4.